The maximum absolute atomic E-state index is 6.03. The van der Waals surface area contributed by atoms with Crippen LogP contribution in [0.4, 0.5) is 0 Å². The molecule has 0 aliphatic heterocycles. The molecule has 138 valence electrons. The second-order valence-corrected chi connectivity index (χ2v) is 6.30. The molecule has 0 saturated heterocycles. The number of thiophene rings is 1. The highest BCUT2D eigenvalue weighted by molar-refractivity contribution is 14.0. The maximum atomic E-state index is 6.03. The molecule has 7 heteroatoms. The Hall–Kier alpha value is -1.19. The first-order valence-corrected chi connectivity index (χ1v) is 9.38. The van der Waals surface area contributed by atoms with Crippen LogP contribution in [0, 0.1) is 0 Å². The molecular formula is C18H28IN5S. The van der Waals surface area contributed by atoms with Crippen LogP contribution in [0.15, 0.2) is 46.2 Å². The van der Waals surface area contributed by atoms with Crippen molar-refractivity contribution in [2.75, 3.05) is 26.2 Å². The highest BCUT2D eigenvalue weighted by atomic mass is 127. The van der Waals surface area contributed by atoms with Crippen molar-refractivity contribution < 1.29 is 0 Å². The Morgan fingerprint density at radius 2 is 2.12 bits per heavy atom. The lowest BCUT2D eigenvalue weighted by molar-refractivity contribution is 0.225. The molecule has 1 atom stereocenters. The molecule has 0 fully saturated rings. The van der Waals surface area contributed by atoms with E-state index in [-0.39, 0.29) is 30.0 Å². The molecule has 2 rings (SSSR count). The Labute approximate surface area is 171 Å². The molecule has 2 heterocycles. The van der Waals surface area contributed by atoms with E-state index >= 15 is 0 Å². The van der Waals surface area contributed by atoms with Gasteiger partial charge in [0.15, 0.2) is 5.96 Å². The largest absolute Gasteiger partial charge is 0.370 e. The second-order valence-electron chi connectivity index (χ2n) is 5.52. The number of guanidine groups is 1. The summed E-state index contributed by atoms with van der Waals surface area (Å²) in [6.45, 7) is 7.77. The Balaban J connectivity index is 0.00000312. The zero-order chi connectivity index (χ0) is 17.2. The van der Waals surface area contributed by atoms with Crippen molar-refractivity contribution in [2.24, 2.45) is 10.7 Å². The van der Waals surface area contributed by atoms with Gasteiger partial charge in [-0.3, -0.25) is 14.9 Å². The molecular weight excluding hydrogens is 445 g/mol. The number of aromatic nitrogens is 1. The van der Waals surface area contributed by atoms with Crippen LogP contribution in [0.25, 0.3) is 0 Å². The fourth-order valence-electron chi connectivity index (χ4n) is 2.67. The van der Waals surface area contributed by atoms with Crippen LogP contribution in [0.2, 0.25) is 0 Å². The van der Waals surface area contributed by atoms with Gasteiger partial charge in [-0.05, 0) is 47.6 Å². The Morgan fingerprint density at radius 1 is 1.32 bits per heavy atom. The van der Waals surface area contributed by atoms with Crippen LogP contribution in [0.5, 0.6) is 0 Å². The quantitative estimate of drug-likeness (QED) is 0.333. The van der Waals surface area contributed by atoms with E-state index in [2.05, 4.69) is 50.9 Å². The molecule has 5 nitrogen and oxygen atoms in total. The highest BCUT2D eigenvalue weighted by Gasteiger charge is 2.17. The van der Waals surface area contributed by atoms with Crippen molar-refractivity contribution in [1.82, 2.24) is 15.2 Å². The fourth-order valence-corrected chi connectivity index (χ4v) is 3.37. The van der Waals surface area contributed by atoms with Gasteiger partial charge in [0, 0.05) is 24.9 Å². The summed E-state index contributed by atoms with van der Waals surface area (Å²) in [5.41, 5.74) is 8.39. The van der Waals surface area contributed by atoms with E-state index < -0.39 is 0 Å². The van der Waals surface area contributed by atoms with Crippen LogP contribution < -0.4 is 11.1 Å². The van der Waals surface area contributed by atoms with Gasteiger partial charge in [-0.2, -0.15) is 11.3 Å². The molecule has 3 N–H and O–H groups in total. The molecule has 25 heavy (non-hydrogen) atoms. The van der Waals surface area contributed by atoms with E-state index in [0.29, 0.717) is 12.5 Å². The van der Waals surface area contributed by atoms with Crippen molar-refractivity contribution in [3.63, 3.8) is 0 Å². The van der Waals surface area contributed by atoms with Crippen LogP contribution in [-0.2, 0) is 6.42 Å². The van der Waals surface area contributed by atoms with Crippen LogP contribution in [0.1, 0.15) is 31.1 Å². The van der Waals surface area contributed by atoms with E-state index in [0.717, 1.165) is 31.7 Å². The summed E-state index contributed by atoms with van der Waals surface area (Å²) in [4.78, 5) is 11.3. The lowest BCUT2D eigenvalue weighted by atomic mass is 10.1. The summed E-state index contributed by atoms with van der Waals surface area (Å²) in [5.74, 6) is 0.498. The predicted octanol–water partition coefficient (Wildman–Crippen LogP) is 3.29. The molecule has 0 aliphatic carbocycles. The summed E-state index contributed by atoms with van der Waals surface area (Å²) in [7, 11) is 0. The molecule has 2 aromatic rings. The molecule has 1 unspecified atom stereocenters. The van der Waals surface area contributed by atoms with Gasteiger partial charge in [0.25, 0.3) is 0 Å². The normalized spacial score (nSPS) is 12.7. The minimum Gasteiger partial charge on any atom is -0.370 e. The first kappa shape index (κ1) is 21.9. The molecule has 0 amide bonds. The van der Waals surface area contributed by atoms with Crippen molar-refractivity contribution >= 4 is 41.3 Å². The Kier molecular flexibility index (Phi) is 10.7. The smallest absolute Gasteiger partial charge is 0.188 e. The van der Waals surface area contributed by atoms with Crippen LogP contribution in [-0.4, -0.2) is 42.0 Å². The summed E-state index contributed by atoms with van der Waals surface area (Å²) in [6, 6.07) is 8.39. The molecule has 2 aromatic heterocycles. The zero-order valence-electron chi connectivity index (χ0n) is 14.9. The average Bonchev–Trinajstić information content (AvgIpc) is 3.14. The number of nitrogens with zero attached hydrogens (tertiary/aromatic N) is 3. The third-order valence-electron chi connectivity index (χ3n) is 4.03. The van der Waals surface area contributed by atoms with Crippen molar-refractivity contribution in [3.05, 3.63) is 52.5 Å². The summed E-state index contributed by atoms with van der Waals surface area (Å²) in [5, 5.41) is 7.49. The van der Waals surface area contributed by atoms with E-state index in [4.69, 9.17) is 5.73 Å². The zero-order valence-corrected chi connectivity index (χ0v) is 18.0. The fraction of sp³-hybridized carbons (Fsp3) is 0.444. The molecule has 0 saturated carbocycles. The summed E-state index contributed by atoms with van der Waals surface area (Å²) >= 11 is 1.72. The summed E-state index contributed by atoms with van der Waals surface area (Å²) in [6.07, 6.45) is 2.64. The monoisotopic (exact) mass is 473 g/mol. The number of aliphatic imine (C=N–C) groups is 1. The minimum absolute atomic E-state index is 0. The van der Waals surface area contributed by atoms with Gasteiger partial charge in [0.05, 0.1) is 12.6 Å². The van der Waals surface area contributed by atoms with Crippen molar-refractivity contribution in [3.8, 4) is 0 Å². The number of nitrogens with one attached hydrogen (secondary N) is 1. The number of hydrogen-bond acceptors (Lipinski definition) is 4. The Bertz CT molecular complexity index is 599. The average molecular weight is 473 g/mol. The van der Waals surface area contributed by atoms with E-state index in [1.54, 1.807) is 11.3 Å². The number of pyridine rings is 1. The summed E-state index contributed by atoms with van der Waals surface area (Å²) < 4.78 is 0. The molecule has 0 bridgehead atoms. The van der Waals surface area contributed by atoms with Crippen molar-refractivity contribution in [2.45, 2.75) is 26.3 Å². The maximum Gasteiger partial charge on any atom is 0.188 e. The first-order chi connectivity index (χ1) is 11.7. The van der Waals surface area contributed by atoms with E-state index in [9.17, 15) is 0 Å². The molecule has 0 spiro atoms. The third kappa shape index (κ3) is 7.29. The standard InChI is InChI=1S/C18H27N5S.HI/c1-3-23(4-2)17(15-9-12-24-14-15)13-22-18(19)21-11-8-16-7-5-6-10-20-16;/h5-7,9-10,12,14,17H,3-4,8,11,13H2,1-2H3,(H3,19,21,22);1H. The first-order valence-electron chi connectivity index (χ1n) is 8.44. The van der Waals surface area contributed by atoms with Crippen molar-refractivity contribution in [1.29, 1.82) is 0 Å². The lowest BCUT2D eigenvalue weighted by Gasteiger charge is -2.28. The van der Waals surface area contributed by atoms with Gasteiger partial charge < -0.3 is 11.1 Å². The number of nitrogens with two attached hydrogens (primary N) is 1. The van der Waals surface area contributed by atoms with Gasteiger partial charge in [-0.15, -0.1) is 24.0 Å². The van der Waals surface area contributed by atoms with E-state index in [1.165, 1.54) is 5.56 Å². The predicted molar refractivity (Wildman–Crippen MR) is 118 cm³/mol. The van der Waals surface area contributed by atoms with Crippen LogP contribution in [0.3, 0.4) is 0 Å². The SMILES string of the molecule is CCN(CC)C(CN=C(N)NCCc1ccccn1)c1ccsc1.I. The molecule has 0 aliphatic rings. The van der Waals surface area contributed by atoms with Gasteiger partial charge in [-0.1, -0.05) is 19.9 Å². The third-order valence-corrected chi connectivity index (χ3v) is 4.73. The lowest BCUT2D eigenvalue weighted by Crippen LogP contribution is -2.35. The van der Waals surface area contributed by atoms with Crippen LogP contribution >= 0.6 is 35.3 Å². The van der Waals surface area contributed by atoms with Gasteiger partial charge in [0.1, 0.15) is 0 Å². The second kappa shape index (κ2) is 12.2. The van der Waals surface area contributed by atoms with E-state index in [1.807, 2.05) is 24.4 Å². The molecule has 0 aromatic carbocycles. The topological polar surface area (TPSA) is 66.5 Å². The highest BCUT2D eigenvalue weighted by Crippen LogP contribution is 2.23. The Morgan fingerprint density at radius 3 is 2.72 bits per heavy atom. The number of likely N-dealkylation sites (N-methyl/N-ethyl adjacent to an activating group) is 1. The minimum atomic E-state index is 0. The number of halogens is 1. The number of rotatable bonds is 9. The van der Waals surface area contributed by atoms with Gasteiger partial charge in [-0.25, -0.2) is 0 Å². The number of hydrogen-bond donors (Lipinski definition) is 2. The van der Waals surface area contributed by atoms with Gasteiger partial charge in [0.2, 0.25) is 0 Å². The molecule has 0 radical (unpaired) electrons. The van der Waals surface area contributed by atoms with Gasteiger partial charge >= 0.3 is 0 Å².